The second-order valence-corrected chi connectivity index (χ2v) is 7.14. The Morgan fingerprint density at radius 2 is 1.95 bits per heavy atom. The third kappa shape index (κ3) is 3.46. The van der Waals surface area contributed by atoms with Gasteiger partial charge >= 0.3 is 0 Å². The van der Waals surface area contributed by atoms with E-state index in [1.165, 1.54) is 38.2 Å². The molecular weight excluding hydrogens is 295 g/mol. The number of halogens is 2. The molecule has 0 amide bonds. The maximum Gasteiger partial charge on any atom is 0.142 e. The lowest BCUT2D eigenvalue weighted by atomic mass is 9.73. The van der Waals surface area contributed by atoms with Crippen LogP contribution in [0.25, 0.3) is 5.57 Å². The van der Waals surface area contributed by atoms with Gasteiger partial charge in [0.05, 0.1) is 5.02 Å². The predicted molar refractivity (Wildman–Crippen MR) is 92.4 cm³/mol. The Morgan fingerprint density at radius 1 is 1.18 bits per heavy atom. The Balaban J connectivity index is 1.63. The van der Waals surface area contributed by atoms with E-state index in [1.807, 2.05) is 6.07 Å². The molecule has 1 unspecified atom stereocenters. The first-order chi connectivity index (χ1) is 10.7. The second-order valence-electron chi connectivity index (χ2n) is 6.74. The van der Waals surface area contributed by atoms with Crippen molar-refractivity contribution in [2.45, 2.75) is 45.4 Å². The van der Waals surface area contributed by atoms with Crippen molar-refractivity contribution in [1.82, 2.24) is 0 Å². The molecule has 1 aromatic carbocycles. The summed E-state index contributed by atoms with van der Waals surface area (Å²) in [5.74, 6) is 2.11. The Bertz CT molecular complexity index is 579. The normalized spacial score (nSPS) is 28.5. The van der Waals surface area contributed by atoms with E-state index in [0.29, 0.717) is 5.92 Å². The molecule has 1 saturated carbocycles. The van der Waals surface area contributed by atoms with Crippen LogP contribution in [-0.4, -0.2) is 0 Å². The SMILES string of the molecule is CC[C@H]1CC[C@H](C2C=CC(c3ccc(Cl)c(F)c3)=CC2)CC1. The largest absolute Gasteiger partial charge is 0.205 e. The molecule has 22 heavy (non-hydrogen) atoms. The van der Waals surface area contributed by atoms with Crippen LogP contribution in [0.3, 0.4) is 0 Å². The fourth-order valence-electron chi connectivity index (χ4n) is 3.90. The minimum absolute atomic E-state index is 0.190. The zero-order valence-corrected chi connectivity index (χ0v) is 14.0. The third-order valence-corrected chi connectivity index (χ3v) is 5.77. The van der Waals surface area contributed by atoms with Crippen molar-refractivity contribution in [3.05, 3.63) is 52.8 Å². The van der Waals surface area contributed by atoms with Crippen molar-refractivity contribution >= 4 is 17.2 Å². The van der Waals surface area contributed by atoms with Crippen LogP contribution in [0, 0.1) is 23.6 Å². The summed E-state index contributed by atoms with van der Waals surface area (Å²) in [6.07, 6.45) is 14.7. The quantitative estimate of drug-likeness (QED) is 0.585. The molecule has 2 aliphatic carbocycles. The summed E-state index contributed by atoms with van der Waals surface area (Å²) >= 11 is 5.76. The van der Waals surface area contributed by atoms with Crippen molar-refractivity contribution in [2.24, 2.45) is 17.8 Å². The van der Waals surface area contributed by atoms with Crippen LogP contribution in [0.2, 0.25) is 5.02 Å². The van der Waals surface area contributed by atoms with Crippen LogP contribution >= 0.6 is 11.6 Å². The number of rotatable bonds is 3. The van der Waals surface area contributed by atoms with Gasteiger partial charge in [0.2, 0.25) is 0 Å². The summed E-state index contributed by atoms with van der Waals surface area (Å²) < 4.78 is 13.6. The van der Waals surface area contributed by atoms with E-state index in [1.54, 1.807) is 6.07 Å². The van der Waals surface area contributed by atoms with Gasteiger partial charge in [-0.1, -0.05) is 62.1 Å². The van der Waals surface area contributed by atoms with Crippen molar-refractivity contribution in [3.63, 3.8) is 0 Å². The van der Waals surface area contributed by atoms with Crippen LogP contribution in [0.5, 0.6) is 0 Å². The van der Waals surface area contributed by atoms with E-state index in [-0.39, 0.29) is 10.8 Å². The van der Waals surface area contributed by atoms with Crippen LogP contribution in [0.1, 0.15) is 51.0 Å². The van der Waals surface area contributed by atoms with Crippen molar-refractivity contribution < 1.29 is 4.39 Å². The number of hydrogen-bond donors (Lipinski definition) is 0. The number of hydrogen-bond acceptors (Lipinski definition) is 0. The zero-order valence-electron chi connectivity index (χ0n) is 13.2. The molecule has 0 N–H and O–H groups in total. The molecule has 118 valence electrons. The Kier molecular flexibility index (Phi) is 5.03. The van der Waals surface area contributed by atoms with Gasteiger partial charge < -0.3 is 0 Å². The van der Waals surface area contributed by atoms with Gasteiger partial charge in [-0.05, 0) is 60.3 Å². The van der Waals surface area contributed by atoms with Gasteiger partial charge in [0.1, 0.15) is 5.82 Å². The first-order valence-corrected chi connectivity index (χ1v) is 8.89. The lowest BCUT2D eigenvalue weighted by Gasteiger charge is -2.33. The fourth-order valence-corrected chi connectivity index (χ4v) is 4.02. The highest BCUT2D eigenvalue weighted by molar-refractivity contribution is 6.30. The predicted octanol–water partition coefficient (Wildman–Crippen LogP) is 6.66. The first kappa shape index (κ1) is 15.8. The highest BCUT2D eigenvalue weighted by atomic mass is 35.5. The minimum Gasteiger partial charge on any atom is -0.205 e. The van der Waals surface area contributed by atoms with Gasteiger partial charge in [-0.25, -0.2) is 4.39 Å². The summed E-state index contributed by atoms with van der Waals surface area (Å²) in [5.41, 5.74) is 2.04. The summed E-state index contributed by atoms with van der Waals surface area (Å²) in [6, 6.07) is 5.07. The molecule has 0 heterocycles. The first-order valence-electron chi connectivity index (χ1n) is 8.51. The summed E-state index contributed by atoms with van der Waals surface area (Å²) in [5, 5.41) is 0.190. The van der Waals surface area contributed by atoms with E-state index in [0.717, 1.165) is 29.4 Å². The van der Waals surface area contributed by atoms with Crippen LogP contribution in [0.4, 0.5) is 4.39 Å². The Morgan fingerprint density at radius 3 is 2.55 bits per heavy atom. The molecule has 2 aliphatic rings. The molecule has 1 fully saturated rings. The number of benzene rings is 1. The molecule has 0 aromatic heterocycles. The second kappa shape index (κ2) is 7.00. The molecule has 0 spiro atoms. The molecule has 0 radical (unpaired) electrons. The fraction of sp³-hybridized carbons (Fsp3) is 0.500. The minimum atomic E-state index is -0.339. The van der Waals surface area contributed by atoms with Gasteiger partial charge in [-0.15, -0.1) is 0 Å². The van der Waals surface area contributed by atoms with E-state index >= 15 is 0 Å². The molecule has 3 rings (SSSR count). The lowest BCUT2D eigenvalue weighted by molar-refractivity contribution is 0.226. The molecule has 2 heteroatoms. The molecule has 0 nitrogen and oxygen atoms in total. The topological polar surface area (TPSA) is 0 Å². The highest BCUT2D eigenvalue weighted by Crippen LogP contribution is 2.39. The van der Waals surface area contributed by atoms with E-state index in [2.05, 4.69) is 25.2 Å². The standard InChI is InChI=1S/C20H24ClF/c1-2-14-3-5-15(6-4-14)16-7-9-17(10-8-16)18-11-12-19(21)20(22)13-18/h7,9-16H,2-6,8H2,1H3/t14-,15-,16?. The van der Waals surface area contributed by atoms with Gasteiger partial charge in [-0.2, -0.15) is 0 Å². The zero-order chi connectivity index (χ0) is 15.5. The molecule has 0 bridgehead atoms. The van der Waals surface area contributed by atoms with Gasteiger partial charge in [-0.3, -0.25) is 0 Å². The molecule has 0 saturated heterocycles. The van der Waals surface area contributed by atoms with Crippen LogP contribution in [-0.2, 0) is 0 Å². The average Bonchev–Trinajstić information content (AvgIpc) is 2.58. The van der Waals surface area contributed by atoms with Crippen molar-refractivity contribution in [2.75, 3.05) is 0 Å². The smallest absolute Gasteiger partial charge is 0.142 e. The number of allylic oxidation sites excluding steroid dienone is 4. The Hall–Kier alpha value is -1.08. The molecular formula is C20H24ClF. The highest BCUT2D eigenvalue weighted by Gasteiger charge is 2.26. The van der Waals surface area contributed by atoms with Crippen molar-refractivity contribution in [3.8, 4) is 0 Å². The monoisotopic (exact) mass is 318 g/mol. The maximum absolute atomic E-state index is 13.6. The molecule has 0 aliphatic heterocycles. The van der Waals surface area contributed by atoms with Gasteiger partial charge in [0, 0.05) is 0 Å². The lowest BCUT2D eigenvalue weighted by Crippen LogP contribution is -2.21. The molecule has 1 atom stereocenters. The van der Waals surface area contributed by atoms with Crippen molar-refractivity contribution in [1.29, 1.82) is 0 Å². The summed E-state index contributed by atoms with van der Waals surface area (Å²) in [4.78, 5) is 0. The summed E-state index contributed by atoms with van der Waals surface area (Å²) in [7, 11) is 0. The third-order valence-electron chi connectivity index (χ3n) is 5.46. The van der Waals surface area contributed by atoms with E-state index in [4.69, 9.17) is 11.6 Å². The van der Waals surface area contributed by atoms with E-state index in [9.17, 15) is 4.39 Å². The summed E-state index contributed by atoms with van der Waals surface area (Å²) in [6.45, 7) is 2.31. The van der Waals surface area contributed by atoms with E-state index < -0.39 is 0 Å². The van der Waals surface area contributed by atoms with Crippen LogP contribution < -0.4 is 0 Å². The van der Waals surface area contributed by atoms with Gasteiger partial charge in [0.15, 0.2) is 0 Å². The maximum atomic E-state index is 13.6. The van der Waals surface area contributed by atoms with Crippen LogP contribution in [0.15, 0.2) is 36.4 Å². The molecule has 1 aromatic rings. The Labute approximate surface area is 138 Å². The van der Waals surface area contributed by atoms with Gasteiger partial charge in [0.25, 0.3) is 0 Å². The average molecular weight is 319 g/mol.